The van der Waals surface area contributed by atoms with Crippen molar-refractivity contribution in [2.75, 3.05) is 6.54 Å². The fourth-order valence-electron chi connectivity index (χ4n) is 1.10. The Morgan fingerprint density at radius 3 is 2.76 bits per heavy atom. The molecule has 0 aromatic heterocycles. The highest BCUT2D eigenvalue weighted by atomic mass is 32.2. The Kier molecular flexibility index (Phi) is 4.26. The number of aromatic carboxylic acids is 1. The Balaban J connectivity index is 3.01. The van der Waals surface area contributed by atoms with Crippen molar-refractivity contribution in [2.24, 2.45) is 0 Å². The van der Waals surface area contributed by atoms with Gasteiger partial charge in [0.2, 0.25) is 10.0 Å². The Morgan fingerprint density at radius 2 is 2.18 bits per heavy atom. The van der Waals surface area contributed by atoms with E-state index in [4.69, 9.17) is 5.11 Å². The summed E-state index contributed by atoms with van der Waals surface area (Å²) in [6, 6.07) is 5.13. The SMILES string of the molecule is CC#CCNS(=O)(=O)c1cccc(C(=O)O)c1. The number of carboxylic acids is 1. The van der Waals surface area contributed by atoms with Crippen LogP contribution in [0.1, 0.15) is 17.3 Å². The maximum atomic E-state index is 11.7. The van der Waals surface area contributed by atoms with Gasteiger partial charge in [-0.1, -0.05) is 12.0 Å². The second kappa shape index (κ2) is 5.48. The first-order valence-electron chi connectivity index (χ1n) is 4.70. The third-order valence-corrected chi connectivity index (χ3v) is 3.32. The summed E-state index contributed by atoms with van der Waals surface area (Å²) in [6.45, 7) is 1.59. The number of benzene rings is 1. The standard InChI is InChI=1S/C11H11NO4S/c1-2-3-7-12-17(15,16)10-6-4-5-9(8-10)11(13)14/h4-6,8,12H,7H2,1H3,(H,13,14). The molecule has 0 spiro atoms. The molecule has 0 fully saturated rings. The van der Waals surface area contributed by atoms with Gasteiger partial charge in [0, 0.05) is 0 Å². The van der Waals surface area contributed by atoms with Gasteiger partial charge in [-0.15, -0.1) is 5.92 Å². The van der Waals surface area contributed by atoms with Gasteiger partial charge in [0.1, 0.15) is 0 Å². The zero-order valence-electron chi connectivity index (χ0n) is 9.10. The lowest BCUT2D eigenvalue weighted by molar-refractivity contribution is 0.0696. The maximum Gasteiger partial charge on any atom is 0.335 e. The lowest BCUT2D eigenvalue weighted by Gasteiger charge is -2.04. The zero-order valence-corrected chi connectivity index (χ0v) is 9.91. The van der Waals surface area contributed by atoms with E-state index in [2.05, 4.69) is 16.6 Å². The zero-order chi connectivity index (χ0) is 12.9. The van der Waals surface area contributed by atoms with Crippen molar-refractivity contribution in [3.63, 3.8) is 0 Å². The van der Waals surface area contributed by atoms with Crippen LogP contribution in [0, 0.1) is 11.8 Å². The number of sulfonamides is 1. The molecule has 1 aromatic rings. The van der Waals surface area contributed by atoms with Crippen LogP contribution in [-0.4, -0.2) is 26.0 Å². The van der Waals surface area contributed by atoms with Gasteiger partial charge < -0.3 is 5.11 Å². The molecule has 0 atom stereocenters. The summed E-state index contributed by atoms with van der Waals surface area (Å²) in [4.78, 5) is 10.6. The van der Waals surface area contributed by atoms with Crippen molar-refractivity contribution in [1.29, 1.82) is 0 Å². The van der Waals surface area contributed by atoms with Crippen molar-refractivity contribution in [3.05, 3.63) is 29.8 Å². The molecule has 17 heavy (non-hydrogen) atoms. The molecular formula is C11H11NO4S. The van der Waals surface area contributed by atoms with Crippen molar-refractivity contribution in [1.82, 2.24) is 4.72 Å². The van der Waals surface area contributed by atoms with Crippen LogP contribution >= 0.6 is 0 Å². The predicted molar refractivity (Wildman–Crippen MR) is 62.0 cm³/mol. The molecule has 0 unspecified atom stereocenters. The van der Waals surface area contributed by atoms with Crippen LogP contribution in [0.2, 0.25) is 0 Å². The lowest BCUT2D eigenvalue weighted by atomic mass is 10.2. The van der Waals surface area contributed by atoms with E-state index in [1.807, 2.05) is 0 Å². The van der Waals surface area contributed by atoms with Crippen molar-refractivity contribution >= 4 is 16.0 Å². The average molecular weight is 253 g/mol. The third kappa shape index (κ3) is 3.59. The second-order valence-corrected chi connectivity index (χ2v) is 4.85. The Hall–Kier alpha value is -1.84. The maximum absolute atomic E-state index is 11.7. The molecule has 6 heteroatoms. The quantitative estimate of drug-likeness (QED) is 0.773. The van der Waals surface area contributed by atoms with E-state index in [1.165, 1.54) is 18.2 Å². The first-order chi connectivity index (χ1) is 7.97. The van der Waals surface area contributed by atoms with Crippen LogP contribution in [0.5, 0.6) is 0 Å². The van der Waals surface area contributed by atoms with Crippen LogP contribution in [0.25, 0.3) is 0 Å². The first kappa shape index (κ1) is 13.2. The van der Waals surface area contributed by atoms with E-state index in [1.54, 1.807) is 6.92 Å². The topological polar surface area (TPSA) is 83.5 Å². The molecule has 1 aromatic carbocycles. The van der Waals surface area contributed by atoms with E-state index in [9.17, 15) is 13.2 Å². The minimum atomic E-state index is -3.70. The van der Waals surface area contributed by atoms with Gasteiger partial charge >= 0.3 is 5.97 Å². The molecule has 0 heterocycles. The van der Waals surface area contributed by atoms with Gasteiger partial charge in [-0.3, -0.25) is 0 Å². The molecule has 0 saturated heterocycles. The molecule has 0 saturated carbocycles. The van der Waals surface area contributed by atoms with Crippen molar-refractivity contribution < 1.29 is 18.3 Å². The summed E-state index contributed by atoms with van der Waals surface area (Å²) in [5, 5.41) is 8.75. The van der Waals surface area contributed by atoms with Gasteiger partial charge in [-0.05, 0) is 25.1 Å². The summed E-state index contributed by atoms with van der Waals surface area (Å²) in [7, 11) is -3.70. The molecule has 90 valence electrons. The molecule has 0 bridgehead atoms. The normalized spacial score (nSPS) is 10.4. The van der Waals surface area contributed by atoms with Gasteiger partial charge in [-0.25, -0.2) is 13.2 Å². The van der Waals surface area contributed by atoms with E-state index in [0.717, 1.165) is 6.07 Å². The smallest absolute Gasteiger partial charge is 0.335 e. The molecule has 2 N–H and O–H groups in total. The Bertz CT molecular complexity index is 581. The highest BCUT2D eigenvalue weighted by Crippen LogP contribution is 2.11. The predicted octanol–water partition coefficient (Wildman–Crippen LogP) is 0.686. The van der Waals surface area contributed by atoms with Gasteiger partial charge in [0.25, 0.3) is 0 Å². The van der Waals surface area contributed by atoms with Crippen LogP contribution in [-0.2, 0) is 10.0 Å². The molecule has 0 aliphatic rings. The van der Waals surface area contributed by atoms with Gasteiger partial charge in [-0.2, -0.15) is 4.72 Å². The fourth-order valence-corrected chi connectivity index (χ4v) is 2.07. The number of carboxylic acid groups (broad SMARTS) is 1. The highest BCUT2D eigenvalue weighted by Gasteiger charge is 2.14. The Morgan fingerprint density at radius 1 is 1.47 bits per heavy atom. The van der Waals surface area contributed by atoms with E-state index >= 15 is 0 Å². The summed E-state index contributed by atoms with van der Waals surface area (Å²) >= 11 is 0. The first-order valence-corrected chi connectivity index (χ1v) is 6.18. The number of carbonyl (C=O) groups is 1. The fraction of sp³-hybridized carbons (Fsp3) is 0.182. The highest BCUT2D eigenvalue weighted by molar-refractivity contribution is 7.89. The molecule has 0 aliphatic heterocycles. The molecule has 0 aliphatic carbocycles. The van der Waals surface area contributed by atoms with Crippen LogP contribution < -0.4 is 4.72 Å². The summed E-state index contributed by atoms with van der Waals surface area (Å²) in [5.41, 5.74) is -0.0746. The van der Waals surface area contributed by atoms with Crippen LogP contribution in [0.4, 0.5) is 0 Å². The van der Waals surface area contributed by atoms with Crippen molar-refractivity contribution in [3.8, 4) is 11.8 Å². The number of rotatable bonds is 4. The summed E-state index contributed by atoms with van der Waals surface area (Å²) in [5.74, 6) is 3.93. The Labute approximate surface area is 99.5 Å². The number of nitrogens with one attached hydrogen (secondary N) is 1. The summed E-state index contributed by atoms with van der Waals surface area (Å²) < 4.78 is 25.7. The lowest BCUT2D eigenvalue weighted by Crippen LogP contribution is -2.24. The van der Waals surface area contributed by atoms with E-state index < -0.39 is 16.0 Å². The molecule has 5 nitrogen and oxygen atoms in total. The minimum Gasteiger partial charge on any atom is -0.478 e. The average Bonchev–Trinajstić information content (AvgIpc) is 2.29. The monoisotopic (exact) mass is 253 g/mol. The minimum absolute atomic E-state index is 0.00384. The molecular weight excluding hydrogens is 242 g/mol. The van der Waals surface area contributed by atoms with E-state index in [-0.39, 0.29) is 17.0 Å². The van der Waals surface area contributed by atoms with Gasteiger partial charge in [0.05, 0.1) is 17.0 Å². The largest absolute Gasteiger partial charge is 0.478 e. The number of hydrogen-bond donors (Lipinski definition) is 2. The van der Waals surface area contributed by atoms with E-state index in [0.29, 0.717) is 0 Å². The molecule has 0 amide bonds. The van der Waals surface area contributed by atoms with Gasteiger partial charge in [0.15, 0.2) is 0 Å². The van der Waals surface area contributed by atoms with Crippen molar-refractivity contribution in [2.45, 2.75) is 11.8 Å². The molecule has 0 radical (unpaired) electrons. The molecule has 1 rings (SSSR count). The van der Waals surface area contributed by atoms with Crippen LogP contribution in [0.15, 0.2) is 29.2 Å². The summed E-state index contributed by atoms with van der Waals surface area (Å²) in [6.07, 6.45) is 0. The number of hydrogen-bond acceptors (Lipinski definition) is 3. The third-order valence-electron chi connectivity index (χ3n) is 1.92. The second-order valence-electron chi connectivity index (χ2n) is 3.08. The van der Waals surface area contributed by atoms with Crippen LogP contribution in [0.3, 0.4) is 0 Å².